The number of rotatable bonds is 4. The molecule has 25 heavy (non-hydrogen) atoms. The summed E-state index contributed by atoms with van der Waals surface area (Å²) in [6.07, 6.45) is 3.39. The largest absolute Gasteiger partial charge is 0.494 e. The molecule has 0 radical (unpaired) electrons. The van der Waals surface area contributed by atoms with E-state index in [4.69, 9.17) is 13.9 Å². The molecule has 1 aromatic carbocycles. The van der Waals surface area contributed by atoms with Crippen LogP contribution in [0.4, 0.5) is 5.95 Å². The van der Waals surface area contributed by atoms with Crippen LogP contribution in [-0.4, -0.2) is 41.2 Å². The minimum absolute atomic E-state index is 0.122. The van der Waals surface area contributed by atoms with Gasteiger partial charge >= 0.3 is 0 Å². The van der Waals surface area contributed by atoms with Crippen molar-refractivity contribution in [3.63, 3.8) is 0 Å². The fraction of sp³-hybridized carbons (Fsp3) is 0.235. The summed E-state index contributed by atoms with van der Waals surface area (Å²) in [5.41, 5.74) is 3.42. The van der Waals surface area contributed by atoms with Gasteiger partial charge in [-0.05, 0) is 17.7 Å². The van der Waals surface area contributed by atoms with Crippen LogP contribution in [0.25, 0.3) is 16.6 Å². The third-order valence-electron chi connectivity index (χ3n) is 3.95. The number of carbonyl (C=O) groups is 1. The first-order chi connectivity index (χ1) is 12.2. The highest BCUT2D eigenvalue weighted by Crippen LogP contribution is 2.32. The van der Waals surface area contributed by atoms with Crippen molar-refractivity contribution in [1.82, 2.24) is 15.0 Å². The van der Waals surface area contributed by atoms with Gasteiger partial charge in [0.25, 0.3) is 5.91 Å². The van der Waals surface area contributed by atoms with Crippen LogP contribution < -0.4 is 10.1 Å². The van der Waals surface area contributed by atoms with Crippen LogP contribution in [0.3, 0.4) is 0 Å². The number of fused-ring (bicyclic) bond motifs is 1. The first-order valence-corrected chi connectivity index (χ1v) is 7.73. The molecule has 0 fully saturated rings. The summed E-state index contributed by atoms with van der Waals surface area (Å²) in [6.45, 7) is 2.79. The Kier molecular flexibility index (Phi) is 3.73. The van der Waals surface area contributed by atoms with E-state index >= 15 is 0 Å². The summed E-state index contributed by atoms with van der Waals surface area (Å²) in [5.74, 6) is 1.06. The van der Waals surface area contributed by atoms with Crippen LogP contribution in [0.2, 0.25) is 0 Å². The molecule has 0 unspecified atom stereocenters. The molecule has 1 aliphatic rings. The smallest absolute Gasteiger partial charge is 0.295 e. The Hall–Kier alpha value is -3.13. The first kappa shape index (κ1) is 15.4. The third kappa shape index (κ3) is 2.76. The number of ether oxygens (including phenoxy) is 2. The van der Waals surface area contributed by atoms with Crippen LogP contribution in [0, 0.1) is 6.92 Å². The average molecular weight is 340 g/mol. The molecule has 1 aliphatic heterocycles. The van der Waals surface area contributed by atoms with Crippen LogP contribution in [0.15, 0.2) is 28.8 Å². The maximum atomic E-state index is 12.2. The Morgan fingerprint density at radius 1 is 1.40 bits per heavy atom. The van der Waals surface area contributed by atoms with Gasteiger partial charge in [-0.25, -0.2) is 9.97 Å². The number of methoxy groups -OCH3 is 1. The second-order valence-electron chi connectivity index (χ2n) is 5.57. The monoisotopic (exact) mass is 340 g/mol. The number of nitrogens with zero attached hydrogens (tertiary/aromatic N) is 2. The lowest BCUT2D eigenvalue weighted by Gasteiger charge is -2.06. The minimum atomic E-state index is -0.427. The van der Waals surface area contributed by atoms with E-state index < -0.39 is 5.91 Å². The molecule has 2 N–H and O–H groups in total. The topological polar surface area (TPSA) is 102 Å². The maximum absolute atomic E-state index is 12.2. The molecular formula is C17H16N4O4. The van der Waals surface area contributed by atoms with E-state index in [0.717, 1.165) is 11.1 Å². The second kappa shape index (κ2) is 6.06. The zero-order valence-electron chi connectivity index (χ0n) is 13.8. The number of aryl methyl sites for hydroxylation is 1. The standard InChI is InChI=1S/C17H16N4O4/c1-9-18-7-13(25-9)16(22)21-17-19-14-11(10-5-6-24-8-10)3-4-12(23-2)15(14)20-17/h3-5,7H,6,8H2,1-2H3,(H2,19,20,21,22). The number of nitrogens with one attached hydrogen (secondary N) is 2. The fourth-order valence-electron chi connectivity index (χ4n) is 2.77. The molecular weight excluding hydrogens is 324 g/mol. The number of aromatic amines is 1. The first-order valence-electron chi connectivity index (χ1n) is 7.73. The van der Waals surface area contributed by atoms with Crippen molar-refractivity contribution in [1.29, 1.82) is 0 Å². The van der Waals surface area contributed by atoms with Crippen LogP contribution in [0.1, 0.15) is 22.0 Å². The molecule has 8 nitrogen and oxygen atoms in total. The van der Waals surface area contributed by atoms with Gasteiger partial charge in [-0.1, -0.05) is 6.08 Å². The number of H-pyrrole nitrogens is 1. The van der Waals surface area contributed by atoms with Crippen LogP contribution in [-0.2, 0) is 4.74 Å². The molecule has 3 aromatic rings. The molecule has 0 spiro atoms. The molecule has 0 bridgehead atoms. The number of amides is 1. The van der Waals surface area contributed by atoms with Gasteiger partial charge in [0.05, 0.1) is 26.5 Å². The summed E-state index contributed by atoms with van der Waals surface area (Å²) in [4.78, 5) is 23.7. The zero-order valence-corrected chi connectivity index (χ0v) is 13.8. The molecule has 0 saturated carbocycles. The molecule has 1 amide bonds. The summed E-state index contributed by atoms with van der Waals surface area (Å²) >= 11 is 0. The molecule has 128 valence electrons. The molecule has 4 rings (SSSR count). The highest BCUT2D eigenvalue weighted by atomic mass is 16.5. The summed E-state index contributed by atoms with van der Waals surface area (Å²) < 4.78 is 16.0. The Morgan fingerprint density at radius 3 is 2.96 bits per heavy atom. The number of anilines is 1. The highest BCUT2D eigenvalue weighted by molar-refractivity contribution is 6.02. The highest BCUT2D eigenvalue weighted by Gasteiger charge is 2.19. The molecule has 3 heterocycles. The maximum Gasteiger partial charge on any atom is 0.295 e. The van der Waals surface area contributed by atoms with E-state index in [2.05, 4.69) is 20.3 Å². The van der Waals surface area contributed by atoms with E-state index in [1.807, 2.05) is 18.2 Å². The second-order valence-corrected chi connectivity index (χ2v) is 5.57. The van der Waals surface area contributed by atoms with Gasteiger partial charge in [0.15, 0.2) is 5.89 Å². The number of hydrogen-bond acceptors (Lipinski definition) is 6. The summed E-state index contributed by atoms with van der Waals surface area (Å²) in [6, 6.07) is 3.80. The molecule has 0 atom stereocenters. The van der Waals surface area contributed by atoms with Gasteiger partial charge in [-0.15, -0.1) is 0 Å². The van der Waals surface area contributed by atoms with Gasteiger partial charge in [-0.2, -0.15) is 0 Å². The molecule has 2 aromatic heterocycles. The van der Waals surface area contributed by atoms with Gasteiger partial charge in [0.1, 0.15) is 16.8 Å². The van der Waals surface area contributed by atoms with Gasteiger partial charge in [0, 0.05) is 12.5 Å². The van der Waals surface area contributed by atoms with E-state index in [1.165, 1.54) is 6.20 Å². The molecule has 0 saturated heterocycles. The van der Waals surface area contributed by atoms with Crippen molar-refractivity contribution >= 4 is 28.5 Å². The van der Waals surface area contributed by atoms with E-state index in [9.17, 15) is 4.79 Å². The van der Waals surface area contributed by atoms with Crippen LogP contribution in [0.5, 0.6) is 5.75 Å². The van der Waals surface area contributed by atoms with Crippen molar-refractivity contribution in [2.75, 3.05) is 25.6 Å². The normalized spacial score (nSPS) is 13.9. The molecule has 0 aliphatic carbocycles. The lowest BCUT2D eigenvalue weighted by molar-refractivity contribution is 0.0994. The average Bonchev–Trinajstić information content (AvgIpc) is 3.33. The number of oxazole rings is 1. The number of imidazole rings is 1. The molecule has 8 heteroatoms. The fourth-order valence-corrected chi connectivity index (χ4v) is 2.77. The van der Waals surface area contributed by atoms with Gasteiger partial charge < -0.3 is 18.9 Å². The number of benzene rings is 1. The van der Waals surface area contributed by atoms with Crippen molar-refractivity contribution < 1.29 is 18.7 Å². The lowest BCUT2D eigenvalue weighted by atomic mass is 10.1. The number of aromatic nitrogens is 3. The summed E-state index contributed by atoms with van der Waals surface area (Å²) in [7, 11) is 1.59. The quantitative estimate of drug-likeness (QED) is 0.757. The van der Waals surface area contributed by atoms with Gasteiger partial charge in [-0.3, -0.25) is 10.1 Å². The van der Waals surface area contributed by atoms with Crippen molar-refractivity contribution in [3.05, 3.63) is 41.6 Å². The Bertz CT molecular complexity index is 986. The van der Waals surface area contributed by atoms with Crippen molar-refractivity contribution in [3.8, 4) is 5.75 Å². The van der Waals surface area contributed by atoms with Crippen LogP contribution >= 0.6 is 0 Å². The van der Waals surface area contributed by atoms with E-state index in [-0.39, 0.29) is 5.76 Å². The van der Waals surface area contributed by atoms with Crippen molar-refractivity contribution in [2.45, 2.75) is 6.92 Å². The Balaban J connectivity index is 1.73. The number of carbonyl (C=O) groups excluding carboxylic acids is 1. The van der Waals surface area contributed by atoms with Gasteiger partial charge in [0.2, 0.25) is 11.7 Å². The van der Waals surface area contributed by atoms with E-state index in [1.54, 1.807) is 14.0 Å². The predicted octanol–water partition coefficient (Wildman–Crippen LogP) is 2.53. The SMILES string of the molecule is COc1ccc(C2=CCOC2)c2nc(NC(=O)c3cnc(C)o3)[nH]c12. The lowest BCUT2D eigenvalue weighted by Crippen LogP contribution is -2.11. The van der Waals surface area contributed by atoms with Crippen molar-refractivity contribution in [2.24, 2.45) is 0 Å². The third-order valence-corrected chi connectivity index (χ3v) is 3.95. The van der Waals surface area contributed by atoms with E-state index in [0.29, 0.717) is 41.8 Å². The zero-order chi connectivity index (χ0) is 17.4. The Labute approximate surface area is 142 Å². The predicted molar refractivity (Wildman–Crippen MR) is 90.6 cm³/mol. The Morgan fingerprint density at radius 2 is 2.28 bits per heavy atom. The number of hydrogen-bond donors (Lipinski definition) is 2. The minimum Gasteiger partial charge on any atom is -0.494 e. The summed E-state index contributed by atoms with van der Waals surface area (Å²) in [5, 5.41) is 2.68.